The van der Waals surface area contributed by atoms with Gasteiger partial charge in [0.25, 0.3) is 0 Å². The van der Waals surface area contributed by atoms with Gasteiger partial charge in [-0.1, -0.05) is 32.0 Å². The standard InChI is InChI=1S/C14H23N3O/c1-14(2,9-6-10-18)11-16-13(15)17-12-7-4-3-5-8-12/h3-5,7-8,18H,6,9-11H2,1-2H3,(H3,15,16,17). The average Bonchev–Trinajstić information content (AvgIpc) is 2.36. The van der Waals surface area contributed by atoms with Crippen LogP contribution >= 0.6 is 0 Å². The van der Waals surface area contributed by atoms with Gasteiger partial charge in [0.1, 0.15) is 0 Å². The Morgan fingerprint density at radius 3 is 2.61 bits per heavy atom. The molecule has 1 rings (SSSR count). The quantitative estimate of drug-likeness (QED) is 0.535. The van der Waals surface area contributed by atoms with E-state index in [1.807, 2.05) is 30.3 Å². The number of hydrogen-bond acceptors (Lipinski definition) is 2. The zero-order valence-electron chi connectivity index (χ0n) is 11.2. The van der Waals surface area contributed by atoms with Crippen molar-refractivity contribution in [3.8, 4) is 0 Å². The van der Waals surface area contributed by atoms with Crippen LogP contribution in [-0.2, 0) is 0 Å². The number of benzene rings is 1. The van der Waals surface area contributed by atoms with Crippen molar-refractivity contribution in [1.29, 1.82) is 0 Å². The van der Waals surface area contributed by atoms with Gasteiger partial charge in [-0.2, -0.15) is 0 Å². The van der Waals surface area contributed by atoms with Gasteiger partial charge in [-0.15, -0.1) is 0 Å². The van der Waals surface area contributed by atoms with Crippen LogP contribution in [0.1, 0.15) is 26.7 Å². The third-order valence-corrected chi connectivity index (χ3v) is 2.74. The monoisotopic (exact) mass is 249 g/mol. The van der Waals surface area contributed by atoms with E-state index in [9.17, 15) is 0 Å². The Labute approximate surface area is 109 Å². The SMILES string of the molecule is CC(C)(CCCO)CN=C(N)Nc1ccccc1. The van der Waals surface area contributed by atoms with Crippen molar-refractivity contribution < 1.29 is 5.11 Å². The molecule has 1 aromatic rings. The zero-order chi connectivity index (χ0) is 13.4. The number of para-hydroxylation sites is 1. The van der Waals surface area contributed by atoms with Gasteiger partial charge in [-0.25, -0.2) is 0 Å². The summed E-state index contributed by atoms with van der Waals surface area (Å²) >= 11 is 0. The lowest BCUT2D eigenvalue weighted by molar-refractivity contribution is 0.245. The largest absolute Gasteiger partial charge is 0.396 e. The van der Waals surface area contributed by atoms with E-state index >= 15 is 0 Å². The van der Waals surface area contributed by atoms with E-state index in [2.05, 4.69) is 24.2 Å². The van der Waals surface area contributed by atoms with E-state index in [0.717, 1.165) is 18.5 Å². The van der Waals surface area contributed by atoms with Crippen molar-refractivity contribution in [1.82, 2.24) is 0 Å². The van der Waals surface area contributed by atoms with Crippen LogP contribution in [0.25, 0.3) is 0 Å². The van der Waals surface area contributed by atoms with Crippen LogP contribution in [0.3, 0.4) is 0 Å². The van der Waals surface area contributed by atoms with Crippen LogP contribution < -0.4 is 11.1 Å². The lowest BCUT2D eigenvalue weighted by atomic mass is 9.88. The number of nitrogens with two attached hydrogens (primary N) is 1. The lowest BCUT2D eigenvalue weighted by Gasteiger charge is -2.22. The maximum absolute atomic E-state index is 8.83. The zero-order valence-corrected chi connectivity index (χ0v) is 11.2. The summed E-state index contributed by atoms with van der Waals surface area (Å²) < 4.78 is 0. The number of aliphatic hydroxyl groups excluding tert-OH is 1. The van der Waals surface area contributed by atoms with Crippen molar-refractivity contribution in [2.24, 2.45) is 16.1 Å². The van der Waals surface area contributed by atoms with Crippen LogP contribution in [0.2, 0.25) is 0 Å². The normalized spacial score (nSPS) is 12.5. The first-order chi connectivity index (χ1) is 8.53. The molecular formula is C14H23N3O. The Hall–Kier alpha value is -1.55. The van der Waals surface area contributed by atoms with E-state index < -0.39 is 0 Å². The number of aliphatic imine (C=N–C) groups is 1. The molecular weight excluding hydrogens is 226 g/mol. The number of nitrogens with zero attached hydrogens (tertiary/aromatic N) is 1. The minimum absolute atomic E-state index is 0.0612. The van der Waals surface area contributed by atoms with Crippen LogP contribution in [0.15, 0.2) is 35.3 Å². The molecule has 0 aromatic heterocycles. The van der Waals surface area contributed by atoms with Crippen LogP contribution in [0.4, 0.5) is 5.69 Å². The molecule has 0 amide bonds. The smallest absolute Gasteiger partial charge is 0.193 e. The summed E-state index contributed by atoms with van der Waals surface area (Å²) in [5.41, 5.74) is 6.83. The molecule has 100 valence electrons. The van der Waals surface area contributed by atoms with Gasteiger partial charge >= 0.3 is 0 Å². The van der Waals surface area contributed by atoms with Gasteiger partial charge in [-0.3, -0.25) is 4.99 Å². The Balaban J connectivity index is 2.46. The van der Waals surface area contributed by atoms with E-state index in [-0.39, 0.29) is 12.0 Å². The minimum atomic E-state index is 0.0612. The number of guanidine groups is 1. The fourth-order valence-electron chi connectivity index (χ4n) is 1.64. The first-order valence-electron chi connectivity index (χ1n) is 6.26. The van der Waals surface area contributed by atoms with Gasteiger partial charge in [-0.05, 0) is 30.4 Å². The second-order valence-electron chi connectivity index (χ2n) is 5.18. The summed E-state index contributed by atoms with van der Waals surface area (Å²) in [5.74, 6) is 0.429. The Kier molecular flexibility index (Phi) is 5.65. The lowest BCUT2D eigenvalue weighted by Crippen LogP contribution is -2.26. The summed E-state index contributed by atoms with van der Waals surface area (Å²) in [6, 6.07) is 9.73. The van der Waals surface area contributed by atoms with Gasteiger partial charge in [0, 0.05) is 18.8 Å². The molecule has 0 spiro atoms. The van der Waals surface area contributed by atoms with E-state index in [1.165, 1.54) is 0 Å². The predicted molar refractivity (Wildman–Crippen MR) is 76.7 cm³/mol. The second-order valence-corrected chi connectivity index (χ2v) is 5.18. The summed E-state index contributed by atoms with van der Waals surface area (Å²) in [7, 11) is 0. The Morgan fingerprint density at radius 2 is 2.00 bits per heavy atom. The Bertz CT molecular complexity index is 374. The molecule has 0 fully saturated rings. The maximum atomic E-state index is 8.83. The van der Waals surface area contributed by atoms with Crippen LogP contribution in [-0.4, -0.2) is 24.2 Å². The summed E-state index contributed by atoms with van der Waals surface area (Å²) in [6.45, 7) is 5.13. The predicted octanol–water partition coefficient (Wildman–Crippen LogP) is 2.21. The molecule has 0 aliphatic rings. The fourth-order valence-corrected chi connectivity index (χ4v) is 1.64. The highest BCUT2D eigenvalue weighted by atomic mass is 16.2. The number of aliphatic hydroxyl groups is 1. The molecule has 0 saturated carbocycles. The highest BCUT2D eigenvalue weighted by molar-refractivity contribution is 5.92. The molecule has 0 radical (unpaired) electrons. The number of nitrogens with one attached hydrogen (secondary N) is 1. The third kappa shape index (κ3) is 5.68. The molecule has 4 N–H and O–H groups in total. The molecule has 18 heavy (non-hydrogen) atoms. The molecule has 0 unspecified atom stereocenters. The van der Waals surface area contributed by atoms with E-state index in [1.54, 1.807) is 0 Å². The number of rotatable bonds is 6. The fraction of sp³-hybridized carbons (Fsp3) is 0.500. The molecule has 0 bridgehead atoms. The first kappa shape index (κ1) is 14.5. The van der Waals surface area contributed by atoms with E-state index in [4.69, 9.17) is 10.8 Å². The second kappa shape index (κ2) is 7.01. The van der Waals surface area contributed by atoms with E-state index in [0.29, 0.717) is 12.5 Å². The molecule has 4 heteroatoms. The van der Waals surface area contributed by atoms with Gasteiger partial charge < -0.3 is 16.2 Å². The van der Waals surface area contributed by atoms with Gasteiger partial charge in [0.15, 0.2) is 5.96 Å². The average molecular weight is 249 g/mol. The van der Waals surface area contributed by atoms with Gasteiger partial charge in [0.05, 0.1) is 0 Å². The molecule has 0 atom stereocenters. The molecule has 4 nitrogen and oxygen atoms in total. The molecule has 0 heterocycles. The van der Waals surface area contributed by atoms with Crippen LogP contribution in [0, 0.1) is 5.41 Å². The molecule has 0 aliphatic carbocycles. The number of anilines is 1. The molecule has 0 aliphatic heterocycles. The van der Waals surface area contributed by atoms with Crippen molar-refractivity contribution >= 4 is 11.6 Å². The minimum Gasteiger partial charge on any atom is -0.396 e. The number of hydrogen-bond donors (Lipinski definition) is 3. The summed E-state index contributed by atoms with van der Waals surface area (Å²) in [6.07, 6.45) is 1.74. The van der Waals surface area contributed by atoms with Crippen LogP contribution in [0.5, 0.6) is 0 Å². The van der Waals surface area contributed by atoms with Crippen molar-refractivity contribution in [2.75, 3.05) is 18.5 Å². The molecule has 1 aromatic carbocycles. The summed E-state index contributed by atoms with van der Waals surface area (Å²) in [4.78, 5) is 4.35. The van der Waals surface area contributed by atoms with Crippen molar-refractivity contribution in [2.45, 2.75) is 26.7 Å². The highest BCUT2D eigenvalue weighted by Crippen LogP contribution is 2.22. The highest BCUT2D eigenvalue weighted by Gasteiger charge is 2.16. The topological polar surface area (TPSA) is 70.6 Å². The Morgan fingerprint density at radius 1 is 1.33 bits per heavy atom. The van der Waals surface area contributed by atoms with Crippen molar-refractivity contribution in [3.63, 3.8) is 0 Å². The summed E-state index contributed by atoms with van der Waals surface area (Å²) in [5, 5.41) is 11.9. The molecule has 0 saturated heterocycles. The van der Waals surface area contributed by atoms with Crippen molar-refractivity contribution in [3.05, 3.63) is 30.3 Å². The van der Waals surface area contributed by atoms with Gasteiger partial charge in [0.2, 0.25) is 0 Å². The maximum Gasteiger partial charge on any atom is 0.193 e. The first-order valence-corrected chi connectivity index (χ1v) is 6.26. The third-order valence-electron chi connectivity index (χ3n) is 2.74.